The van der Waals surface area contributed by atoms with Gasteiger partial charge >= 0.3 is 0 Å². The average Bonchev–Trinajstić information content (AvgIpc) is 2.98. The molecule has 0 radical (unpaired) electrons. The van der Waals surface area contributed by atoms with E-state index in [-0.39, 0.29) is 5.85 Å². The lowest BCUT2D eigenvalue weighted by molar-refractivity contribution is 0.305. The van der Waals surface area contributed by atoms with Gasteiger partial charge in [-0.1, -0.05) is 17.7 Å². The van der Waals surface area contributed by atoms with Gasteiger partial charge < -0.3 is 9.26 Å². The molecule has 0 saturated carbocycles. The molecule has 3 nitrogen and oxygen atoms in total. The summed E-state index contributed by atoms with van der Waals surface area (Å²) in [6.07, 6.45) is 0. The van der Waals surface area contributed by atoms with Crippen LogP contribution >= 0.6 is 8.03 Å². The molecule has 1 aliphatic heterocycles. The van der Waals surface area contributed by atoms with Crippen LogP contribution in [-0.2, 0) is 20.4 Å². The van der Waals surface area contributed by atoms with E-state index < -0.39 is 8.03 Å². The molecule has 0 aromatic heterocycles. The number of aryl methyl sites for hydroxylation is 3. The predicted octanol–water partition coefficient (Wildman–Crippen LogP) is 2.96. The molecular weight excluding hydrogens is 223 g/mol. The zero-order valence-corrected chi connectivity index (χ0v) is 10.9. The summed E-state index contributed by atoms with van der Waals surface area (Å²) in [5.41, 5.74) is 4.79. The first-order chi connectivity index (χ1) is 7.58. The van der Waals surface area contributed by atoms with Crippen LogP contribution in [-0.4, -0.2) is 12.5 Å². The minimum Gasteiger partial charge on any atom is -0.363 e. The normalized spacial score (nSPS) is 20.8. The zero-order valence-electron chi connectivity index (χ0n) is 9.87. The highest BCUT2D eigenvalue weighted by Gasteiger charge is 2.30. The fraction of sp³-hybridized carbons (Fsp3) is 0.500. The van der Waals surface area contributed by atoms with Gasteiger partial charge in [0.1, 0.15) is 0 Å². The van der Waals surface area contributed by atoms with Crippen molar-refractivity contribution in [1.82, 2.24) is 0 Å². The highest BCUT2D eigenvalue weighted by atomic mass is 31.1. The van der Waals surface area contributed by atoms with Gasteiger partial charge in [0.15, 0.2) is 5.85 Å². The molecule has 0 aliphatic carbocycles. The molecule has 1 aromatic rings. The minimum atomic E-state index is -2.01. The van der Waals surface area contributed by atoms with Crippen LogP contribution in [0.2, 0.25) is 0 Å². The Balaban J connectivity index is 2.05. The third kappa shape index (κ3) is 2.73. The van der Waals surface area contributed by atoms with Crippen molar-refractivity contribution in [2.75, 3.05) is 6.61 Å². The standard InChI is InChI=1S/C12H17O3P/c1-8-4-9(2)11(10(3)5-8)6-15-16(13)12-7-14-12/h4-5,12,16H,6-7H2,1-3H3. The Hall–Kier alpha value is -0.630. The van der Waals surface area contributed by atoms with Gasteiger partial charge in [0.05, 0.1) is 13.2 Å². The molecule has 2 unspecified atom stereocenters. The van der Waals surface area contributed by atoms with Crippen molar-refractivity contribution in [3.05, 3.63) is 34.4 Å². The first-order valence-electron chi connectivity index (χ1n) is 5.43. The van der Waals surface area contributed by atoms with Crippen LogP contribution in [0.1, 0.15) is 22.3 Å². The molecule has 4 heteroatoms. The maximum absolute atomic E-state index is 11.5. The molecule has 2 atom stereocenters. The van der Waals surface area contributed by atoms with Crippen molar-refractivity contribution in [2.45, 2.75) is 33.2 Å². The van der Waals surface area contributed by atoms with Crippen molar-refractivity contribution in [1.29, 1.82) is 0 Å². The van der Waals surface area contributed by atoms with Gasteiger partial charge in [-0.3, -0.25) is 4.57 Å². The van der Waals surface area contributed by atoms with Gasteiger partial charge in [-0.25, -0.2) is 0 Å². The minimum absolute atomic E-state index is 0.129. The Labute approximate surface area is 96.6 Å². The van der Waals surface area contributed by atoms with Crippen LogP contribution in [0.4, 0.5) is 0 Å². The van der Waals surface area contributed by atoms with E-state index in [1.54, 1.807) is 0 Å². The van der Waals surface area contributed by atoms with Crippen LogP contribution < -0.4 is 0 Å². The summed E-state index contributed by atoms with van der Waals surface area (Å²) in [5.74, 6) is -0.129. The summed E-state index contributed by atoms with van der Waals surface area (Å²) in [7, 11) is -2.01. The predicted molar refractivity (Wildman–Crippen MR) is 64.2 cm³/mol. The second-order valence-corrected chi connectivity index (χ2v) is 5.88. The van der Waals surface area contributed by atoms with Crippen molar-refractivity contribution in [3.63, 3.8) is 0 Å². The maximum Gasteiger partial charge on any atom is 0.222 e. The second-order valence-electron chi connectivity index (χ2n) is 4.31. The number of ether oxygens (including phenoxy) is 1. The molecule has 1 saturated heterocycles. The molecule has 1 heterocycles. The van der Waals surface area contributed by atoms with E-state index in [2.05, 4.69) is 32.9 Å². The summed E-state index contributed by atoms with van der Waals surface area (Å²) in [4.78, 5) is 0. The molecular formula is C12H17O3P. The summed E-state index contributed by atoms with van der Waals surface area (Å²) in [6, 6.07) is 4.24. The molecule has 0 N–H and O–H groups in total. The lowest BCUT2D eigenvalue weighted by atomic mass is 10.0. The topological polar surface area (TPSA) is 38.8 Å². The third-order valence-electron chi connectivity index (χ3n) is 2.80. The Bertz CT molecular complexity index is 401. The third-order valence-corrected chi connectivity index (χ3v) is 4.08. The summed E-state index contributed by atoms with van der Waals surface area (Å²) in [5, 5.41) is 0. The fourth-order valence-corrected chi connectivity index (χ4v) is 2.70. The van der Waals surface area contributed by atoms with E-state index in [0.29, 0.717) is 13.2 Å². The highest BCUT2D eigenvalue weighted by molar-refractivity contribution is 7.40. The highest BCUT2D eigenvalue weighted by Crippen LogP contribution is 2.39. The van der Waals surface area contributed by atoms with Crippen molar-refractivity contribution >= 4 is 8.03 Å². The van der Waals surface area contributed by atoms with E-state index in [1.165, 1.54) is 16.7 Å². The van der Waals surface area contributed by atoms with Crippen LogP contribution in [0.5, 0.6) is 0 Å². The Kier molecular flexibility index (Phi) is 3.48. The lowest BCUT2D eigenvalue weighted by Gasteiger charge is -2.11. The fourth-order valence-electron chi connectivity index (χ4n) is 1.86. The van der Waals surface area contributed by atoms with Crippen LogP contribution in [0.3, 0.4) is 0 Å². The molecule has 0 amide bonds. The molecule has 1 aliphatic rings. The Morgan fingerprint density at radius 1 is 1.38 bits per heavy atom. The molecule has 0 spiro atoms. The maximum atomic E-state index is 11.5. The molecule has 1 fully saturated rings. The van der Waals surface area contributed by atoms with Crippen LogP contribution in [0.15, 0.2) is 12.1 Å². The summed E-state index contributed by atoms with van der Waals surface area (Å²) >= 11 is 0. The molecule has 1 aromatic carbocycles. The van der Waals surface area contributed by atoms with Gasteiger partial charge in [0, 0.05) is 0 Å². The summed E-state index contributed by atoms with van der Waals surface area (Å²) < 4.78 is 21.8. The lowest BCUT2D eigenvalue weighted by Crippen LogP contribution is -1.96. The monoisotopic (exact) mass is 240 g/mol. The molecule has 16 heavy (non-hydrogen) atoms. The molecule has 0 bridgehead atoms. The quantitative estimate of drug-likeness (QED) is 0.600. The number of hydrogen-bond donors (Lipinski definition) is 0. The van der Waals surface area contributed by atoms with Crippen LogP contribution in [0, 0.1) is 20.8 Å². The second kappa shape index (κ2) is 4.70. The Morgan fingerprint density at radius 3 is 2.44 bits per heavy atom. The average molecular weight is 240 g/mol. The van der Waals surface area contributed by atoms with Gasteiger partial charge in [-0.15, -0.1) is 0 Å². The van der Waals surface area contributed by atoms with Gasteiger partial charge in [-0.05, 0) is 37.5 Å². The number of hydrogen-bond acceptors (Lipinski definition) is 3. The van der Waals surface area contributed by atoms with E-state index in [1.807, 2.05) is 0 Å². The van der Waals surface area contributed by atoms with Crippen LogP contribution in [0.25, 0.3) is 0 Å². The van der Waals surface area contributed by atoms with Gasteiger partial charge in [0.25, 0.3) is 0 Å². The SMILES string of the molecule is Cc1cc(C)c(CO[PH](=O)C2CO2)c(C)c1. The summed E-state index contributed by atoms with van der Waals surface area (Å²) in [6.45, 7) is 7.21. The van der Waals surface area contributed by atoms with Gasteiger partial charge in [-0.2, -0.15) is 0 Å². The van der Waals surface area contributed by atoms with E-state index in [4.69, 9.17) is 9.26 Å². The van der Waals surface area contributed by atoms with E-state index in [9.17, 15) is 4.57 Å². The first-order valence-corrected chi connectivity index (χ1v) is 6.82. The largest absolute Gasteiger partial charge is 0.363 e. The van der Waals surface area contributed by atoms with E-state index >= 15 is 0 Å². The smallest absolute Gasteiger partial charge is 0.222 e. The molecule has 88 valence electrons. The first kappa shape index (κ1) is 11.8. The number of benzene rings is 1. The van der Waals surface area contributed by atoms with E-state index in [0.717, 1.165) is 5.56 Å². The van der Waals surface area contributed by atoms with Crippen molar-refractivity contribution in [3.8, 4) is 0 Å². The van der Waals surface area contributed by atoms with Crippen molar-refractivity contribution < 1.29 is 13.8 Å². The Morgan fingerprint density at radius 2 is 1.94 bits per heavy atom. The van der Waals surface area contributed by atoms with Gasteiger partial charge in [0.2, 0.25) is 8.03 Å². The zero-order chi connectivity index (χ0) is 11.7. The van der Waals surface area contributed by atoms with Crippen molar-refractivity contribution in [2.24, 2.45) is 0 Å². The number of rotatable bonds is 4. The molecule has 2 rings (SSSR count). The number of epoxide rings is 1.